The molecule has 0 saturated carbocycles. The van der Waals surface area contributed by atoms with Crippen LogP contribution in [0.15, 0.2) is 75.0 Å². The van der Waals surface area contributed by atoms with Crippen molar-refractivity contribution < 1.29 is 13.7 Å². The summed E-state index contributed by atoms with van der Waals surface area (Å²) < 4.78 is 26.3. The lowest BCUT2D eigenvalue weighted by Gasteiger charge is -2.09. The predicted molar refractivity (Wildman–Crippen MR) is 106 cm³/mol. The van der Waals surface area contributed by atoms with Gasteiger partial charge in [-0.3, -0.25) is 18.7 Å². The minimum Gasteiger partial charge on any atom is -0.494 e. The Morgan fingerprint density at radius 1 is 1.07 bits per heavy atom. The summed E-state index contributed by atoms with van der Waals surface area (Å²) in [5, 5.41) is 3.80. The quantitative estimate of drug-likeness (QED) is 0.456. The highest BCUT2D eigenvalue weighted by Gasteiger charge is 2.13. The van der Waals surface area contributed by atoms with Crippen molar-refractivity contribution in [2.24, 2.45) is 0 Å². The largest absolute Gasteiger partial charge is 0.494 e. The standard InChI is InChI=1S/C21H17FN4O4/c1-2-29-17-8-6-16(7-9-17)26-11-10-25(20(27)21(26)28)13-18-23-19(24-30-18)14-4-3-5-15(22)12-14/h3-12H,2,13H2,1H3. The first-order chi connectivity index (χ1) is 14.5. The normalized spacial score (nSPS) is 10.9. The molecule has 2 heterocycles. The molecule has 0 N–H and O–H groups in total. The monoisotopic (exact) mass is 408 g/mol. The number of aromatic nitrogens is 4. The number of halogens is 1. The molecule has 0 atom stereocenters. The molecule has 2 aromatic heterocycles. The van der Waals surface area contributed by atoms with E-state index < -0.39 is 16.9 Å². The van der Waals surface area contributed by atoms with Gasteiger partial charge in [-0.25, -0.2) is 4.39 Å². The molecule has 0 aliphatic heterocycles. The molecule has 0 amide bonds. The maximum atomic E-state index is 13.4. The van der Waals surface area contributed by atoms with Crippen LogP contribution in [0.5, 0.6) is 5.75 Å². The minimum atomic E-state index is -0.739. The first-order valence-electron chi connectivity index (χ1n) is 9.19. The fourth-order valence-electron chi connectivity index (χ4n) is 2.92. The van der Waals surface area contributed by atoms with Crippen LogP contribution in [-0.2, 0) is 6.54 Å². The van der Waals surface area contributed by atoms with Gasteiger partial charge in [0, 0.05) is 23.6 Å². The van der Waals surface area contributed by atoms with Gasteiger partial charge in [-0.15, -0.1) is 0 Å². The van der Waals surface area contributed by atoms with Crippen LogP contribution < -0.4 is 15.9 Å². The third-order valence-corrected chi connectivity index (χ3v) is 4.34. The smallest absolute Gasteiger partial charge is 0.320 e. The first-order valence-corrected chi connectivity index (χ1v) is 9.19. The van der Waals surface area contributed by atoms with Crippen LogP contribution in [-0.4, -0.2) is 25.9 Å². The Kier molecular flexibility index (Phi) is 5.25. The first kappa shape index (κ1) is 19.3. The van der Waals surface area contributed by atoms with E-state index in [0.29, 0.717) is 23.6 Å². The summed E-state index contributed by atoms with van der Waals surface area (Å²) in [5.41, 5.74) is -0.467. The fourth-order valence-corrected chi connectivity index (χ4v) is 2.92. The van der Waals surface area contributed by atoms with Gasteiger partial charge < -0.3 is 9.26 Å². The molecule has 0 spiro atoms. The highest BCUT2D eigenvalue weighted by Crippen LogP contribution is 2.17. The number of hydrogen-bond acceptors (Lipinski definition) is 6. The van der Waals surface area contributed by atoms with E-state index in [1.54, 1.807) is 30.3 Å². The lowest BCUT2D eigenvalue weighted by Crippen LogP contribution is -2.40. The van der Waals surface area contributed by atoms with E-state index in [1.807, 2.05) is 6.92 Å². The Balaban J connectivity index is 1.58. The average molecular weight is 408 g/mol. The van der Waals surface area contributed by atoms with Gasteiger partial charge in [0.25, 0.3) is 0 Å². The summed E-state index contributed by atoms with van der Waals surface area (Å²) in [6.07, 6.45) is 2.95. The maximum Gasteiger partial charge on any atom is 0.320 e. The molecule has 0 unspecified atom stereocenters. The Morgan fingerprint density at radius 2 is 1.87 bits per heavy atom. The molecule has 4 aromatic rings. The summed E-state index contributed by atoms with van der Waals surface area (Å²) in [6, 6.07) is 12.6. The molecule has 8 nitrogen and oxygen atoms in total. The molecule has 2 aromatic carbocycles. The molecule has 152 valence electrons. The van der Waals surface area contributed by atoms with Gasteiger partial charge in [-0.2, -0.15) is 4.98 Å². The Bertz CT molecular complexity index is 1290. The molecular weight excluding hydrogens is 391 g/mol. The Labute approximate surface area is 169 Å². The summed E-state index contributed by atoms with van der Waals surface area (Å²) in [6.45, 7) is 2.33. The van der Waals surface area contributed by atoms with E-state index >= 15 is 0 Å². The Morgan fingerprint density at radius 3 is 2.60 bits per heavy atom. The van der Waals surface area contributed by atoms with Crippen molar-refractivity contribution in [3.63, 3.8) is 0 Å². The second-order valence-electron chi connectivity index (χ2n) is 6.36. The summed E-state index contributed by atoms with van der Waals surface area (Å²) in [4.78, 5) is 29.2. The summed E-state index contributed by atoms with van der Waals surface area (Å²) >= 11 is 0. The second-order valence-corrected chi connectivity index (χ2v) is 6.36. The van der Waals surface area contributed by atoms with Gasteiger partial charge in [0.05, 0.1) is 6.61 Å². The zero-order valence-electron chi connectivity index (χ0n) is 16.0. The van der Waals surface area contributed by atoms with Crippen molar-refractivity contribution in [2.45, 2.75) is 13.5 Å². The summed E-state index contributed by atoms with van der Waals surface area (Å²) in [7, 11) is 0. The number of benzene rings is 2. The molecule has 30 heavy (non-hydrogen) atoms. The van der Waals surface area contributed by atoms with Gasteiger partial charge in [-0.1, -0.05) is 17.3 Å². The van der Waals surface area contributed by atoms with Crippen molar-refractivity contribution in [2.75, 3.05) is 6.61 Å². The van der Waals surface area contributed by atoms with Crippen LogP contribution in [0.25, 0.3) is 17.1 Å². The molecular formula is C21H17FN4O4. The lowest BCUT2D eigenvalue weighted by molar-refractivity contribution is 0.340. The van der Waals surface area contributed by atoms with E-state index in [-0.39, 0.29) is 18.3 Å². The van der Waals surface area contributed by atoms with Crippen LogP contribution in [0, 0.1) is 5.82 Å². The minimum absolute atomic E-state index is 0.0828. The fraction of sp³-hybridized carbons (Fsp3) is 0.143. The zero-order chi connectivity index (χ0) is 21.1. The lowest BCUT2D eigenvalue weighted by atomic mass is 10.2. The van der Waals surface area contributed by atoms with Crippen LogP contribution in [0.4, 0.5) is 4.39 Å². The van der Waals surface area contributed by atoms with Crippen molar-refractivity contribution in [3.05, 3.63) is 93.3 Å². The highest BCUT2D eigenvalue weighted by molar-refractivity contribution is 5.53. The van der Waals surface area contributed by atoms with Crippen LogP contribution in [0.1, 0.15) is 12.8 Å². The average Bonchev–Trinajstić information content (AvgIpc) is 3.21. The van der Waals surface area contributed by atoms with Gasteiger partial charge in [0.2, 0.25) is 11.7 Å². The van der Waals surface area contributed by atoms with E-state index in [2.05, 4.69) is 10.1 Å². The Hall–Kier alpha value is -4.01. The van der Waals surface area contributed by atoms with E-state index in [0.717, 1.165) is 0 Å². The van der Waals surface area contributed by atoms with E-state index in [9.17, 15) is 14.0 Å². The van der Waals surface area contributed by atoms with Gasteiger partial charge in [0.1, 0.15) is 18.1 Å². The molecule has 0 bridgehead atoms. The van der Waals surface area contributed by atoms with Gasteiger partial charge in [-0.05, 0) is 43.3 Å². The van der Waals surface area contributed by atoms with Gasteiger partial charge >= 0.3 is 11.1 Å². The van der Waals surface area contributed by atoms with Crippen molar-refractivity contribution >= 4 is 0 Å². The maximum absolute atomic E-state index is 13.4. The van der Waals surface area contributed by atoms with Crippen LogP contribution >= 0.6 is 0 Å². The summed E-state index contributed by atoms with van der Waals surface area (Å²) in [5.74, 6) is 0.566. The van der Waals surface area contributed by atoms with Crippen LogP contribution in [0.3, 0.4) is 0 Å². The highest BCUT2D eigenvalue weighted by atomic mass is 19.1. The number of ether oxygens (including phenoxy) is 1. The third-order valence-electron chi connectivity index (χ3n) is 4.34. The number of hydrogen-bond donors (Lipinski definition) is 0. The SMILES string of the molecule is CCOc1ccc(-n2ccn(Cc3nc(-c4cccc(F)c4)no3)c(=O)c2=O)cc1. The second kappa shape index (κ2) is 8.16. The number of nitrogens with zero attached hydrogens (tertiary/aromatic N) is 4. The molecule has 4 rings (SSSR count). The van der Waals surface area contributed by atoms with E-state index in [1.165, 1.54) is 39.7 Å². The van der Waals surface area contributed by atoms with Gasteiger partial charge in [0.15, 0.2) is 0 Å². The van der Waals surface area contributed by atoms with E-state index in [4.69, 9.17) is 9.26 Å². The van der Waals surface area contributed by atoms with Crippen LogP contribution in [0.2, 0.25) is 0 Å². The number of rotatable bonds is 6. The molecule has 0 aliphatic carbocycles. The molecule has 9 heteroatoms. The molecule has 0 saturated heterocycles. The topological polar surface area (TPSA) is 92.2 Å². The van der Waals surface area contributed by atoms with Crippen molar-refractivity contribution in [3.8, 4) is 22.8 Å². The molecule has 0 fully saturated rings. The van der Waals surface area contributed by atoms with Crippen molar-refractivity contribution in [1.82, 2.24) is 19.3 Å². The molecule has 0 aliphatic rings. The zero-order valence-corrected chi connectivity index (χ0v) is 16.0. The molecule has 0 radical (unpaired) electrons. The third kappa shape index (κ3) is 3.90. The van der Waals surface area contributed by atoms with Crippen molar-refractivity contribution in [1.29, 1.82) is 0 Å². The predicted octanol–water partition coefficient (Wildman–Crippen LogP) is 2.64.